The largest absolute Gasteiger partial charge is 0.497 e. The Balaban J connectivity index is 2.16. The van der Waals surface area contributed by atoms with Crippen LogP contribution in [0.4, 0.5) is 5.69 Å². The molecule has 0 bridgehead atoms. The summed E-state index contributed by atoms with van der Waals surface area (Å²) < 4.78 is 25.8. The van der Waals surface area contributed by atoms with E-state index in [2.05, 4.69) is 10.6 Å². The predicted octanol–water partition coefficient (Wildman–Crippen LogP) is 2.88. The van der Waals surface area contributed by atoms with Crippen LogP contribution in [0.15, 0.2) is 53.4 Å². The standard InChI is InChI=1S/C16H16Cl3N3O4S/c1-26-12-6-2-10(3-7-12)14(23)22-15(16(17,18)19)21-11-4-8-13(9-5-11)27(20,24)25/h2-9,15,21H,1H3,(H,22,23)(H2,20,24,25)/t15-/m0/s1. The van der Waals surface area contributed by atoms with E-state index >= 15 is 0 Å². The van der Waals surface area contributed by atoms with Crippen LogP contribution in [0.25, 0.3) is 0 Å². The number of anilines is 1. The molecule has 1 amide bonds. The van der Waals surface area contributed by atoms with E-state index in [0.717, 1.165) is 0 Å². The molecule has 0 radical (unpaired) electrons. The van der Waals surface area contributed by atoms with Crippen LogP contribution in [-0.2, 0) is 10.0 Å². The van der Waals surface area contributed by atoms with Gasteiger partial charge in [-0.1, -0.05) is 34.8 Å². The summed E-state index contributed by atoms with van der Waals surface area (Å²) in [4.78, 5) is 12.3. The Hall–Kier alpha value is -1.71. The monoisotopic (exact) mass is 451 g/mol. The normalized spacial score (nSPS) is 12.9. The van der Waals surface area contributed by atoms with Crippen molar-refractivity contribution in [3.8, 4) is 5.75 Å². The highest BCUT2D eigenvalue weighted by molar-refractivity contribution is 7.89. The molecule has 0 saturated carbocycles. The van der Waals surface area contributed by atoms with Gasteiger partial charge in [-0.05, 0) is 48.5 Å². The molecule has 0 unspecified atom stereocenters. The summed E-state index contributed by atoms with van der Waals surface area (Å²) in [6.45, 7) is 0. The fourth-order valence-electron chi connectivity index (χ4n) is 2.06. The van der Waals surface area contributed by atoms with Gasteiger partial charge in [-0.2, -0.15) is 0 Å². The van der Waals surface area contributed by atoms with Gasteiger partial charge in [-0.25, -0.2) is 13.6 Å². The van der Waals surface area contributed by atoms with Crippen molar-refractivity contribution in [2.24, 2.45) is 5.14 Å². The third-order valence-corrected chi connectivity index (χ3v) is 5.03. The lowest BCUT2D eigenvalue weighted by molar-refractivity contribution is 0.0942. The molecular weight excluding hydrogens is 437 g/mol. The van der Waals surface area contributed by atoms with E-state index in [1.165, 1.54) is 31.4 Å². The topological polar surface area (TPSA) is 111 Å². The number of nitrogens with two attached hydrogens (primary N) is 1. The number of amides is 1. The number of rotatable bonds is 6. The molecule has 4 N–H and O–H groups in total. The van der Waals surface area contributed by atoms with Gasteiger partial charge in [0, 0.05) is 11.3 Å². The summed E-state index contributed by atoms with van der Waals surface area (Å²) in [5.41, 5.74) is 0.746. The van der Waals surface area contributed by atoms with Crippen LogP contribution in [0.3, 0.4) is 0 Å². The zero-order valence-electron chi connectivity index (χ0n) is 13.9. The van der Waals surface area contributed by atoms with Crippen molar-refractivity contribution < 1.29 is 17.9 Å². The van der Waals surface area contributed by atoms with Gasteiger partial charge < -0.3 is 15.4 Å². The fraction of sp³-hybridized carbons (Fsp3) is 0.188. The maximum absolute atomic E-state index is 12.4. The SMILES string of the molecule is COc1ccc(C(=O)N[C@H](Nc2ccc(S(N)(=O)=O)cc2)C(Cl)(Cl)Cl)cc1. The first kappa shape index (κ1) is 21.6. The highest BCUT2D eigenvalue weighted by Crippen LogP contribution is 2.31. The number of methoxy groups -OCH3 is 1. The number of hydrogen-bond donors (Lipinski definition) is 3. The summed E-state index contributed by atoms with van der Waals surface area (Å²) in [6.07, 6.45) is -1.10. The Labute approximate surface area is 171 Å². The van der Waals surface area contributed by atoms with Crippen molar-refractivity contribution in [1.82, 2.24) is 5.32 Å². The van der Waals surface area contributed by atoms with Crippen molar-refractivity contribution in [1.29, 1.82) is 0 Å². The lowest BCUT2D eigenvalue weighted by Crippen LogP contribution is -2.49. The Bertz CT molecular complexity index is 898. The van der Waals surface area contributed by atoms with Gasteiger partial charge in [0.2, 0.25) is 13.8 Å². The molecule has 0 heterocycles. The van der Waals surface area contributed by atoms with E-state index in [0.29, 0.717) is 17.0 Å². The van der Waals surface area contributed by atoms with Crippen molar-refractivity contribution in [3.05, 3.63) is 54.1 Å². The molecule has 0 aliphatic carbocycles. The second-order valence-corrected chi connectivity index (χ2v) is 9.32. The zero-order chi connectivity index (χ0) is 20.2. The second-order valence-electron chi connectivity index (χ2n) is 5.39. The quantitative estimate of drug-likeness (QED) is 0.461. The molecule has 0 fully saturated rings. The van der Waals surface area contributed by atoms with Gasteiger partial charge >= 0.3 is 0 Å². The van der Waals surface area contributed by atoms with E-state index < -0.39 is 25.9 Å². The van der Waals surface area contributed by atoms with Crippen LogP contribution in [0.2, 0.25) is 0 Å². The molecule has 0 aliphatic rings. The summed E-state index contributed by atoms with van der Waals surface area (Å²) >= 11 is 17.8. The Morgan fingerprint density at radius 2 is 1.63 bits per heavy atom. The second kappa shape index (κ2) is 8.53. The molecule has 1 atom stereocenters. The summed E-state index contributed by atoms with van der Waals surface area (Å²) in [5, 5.41) is 10.5. The minimum atomic E-state index is -3.82. The molecular formula is C16H16Cl3N3O4S. The molecule has 2 rings (SSSR count). The first-order valence-corrected chi connectivity index (χ1v) is 10.1. The maximum Gasteiger partial charge on any atom is 0.252 e. The number of nitrogens with one attached hydrogen (secondary N) is 2. The first-order chi connectivity index (χ1) is 12.5. The van der Waals surface area contributed by atoms with E-state index in [1.54, 1.807) is 24.3 Å². The lowest BCUT2D eigenvalue weighted by Gasteiger charge is -2.27. The molecule has 11 heteroatoms. The summed E-state index contributed by atoms with van der Waals surface area (Å²) in [7, 11) is -2.31. The number of ether oxygens (including phenoxy) is 1. The zero-order valence-corrected chi connectivity index (χ0v) is 17.0. The predicted molar refractivity (Wildman–Crippen MR) is 106 cm³/mol. The average molecular weight is 453 g/mol. The van der Waals surface area contributed by atoms with Gasteiger partial charge in [0.15, 0.2) is 0 Å². The molecule has 27 heavy (non-hydrogen) atoms. The fourth-order valence-corrected chi connectivity index (χ4v) is 2.91. The molecule has 2 aromatic carbocycles. The maximum atomic E-state index is 12.4. The van der Waals surface area contributed by atoms with E-state index in [1.807, 2.05) is 0 Å². The number of alkyl halides is 3. The molecule has 2 aromatic rings. The van der Waals surface area contributed by atoms with E-state index in [-0.39, 0.29) is 4.90 Å². The molecule has 0 spiro atoms. The van der Waals surface area contributed by atoms with Gasteiger partial charge in [-0.15, -0.1) is 0 Å². The third kappa shape index (κ3) is 6.15. The molecule has 146 valence electrons. The van der Waals surface area contributed by atoms with E-state index in [9.17, 15) is 13.2 Å². The average Bonchev–Trinajstić information content (AvgIpc) is 2.60. The van der Waals surface area contributed by atoms with Crippen molar-refractivity contribution in [3.63, 3.8) is 0 Å². The number of carbonyl (C=O) groups excluding carboxylic acids is 1. The molecule has 0 saturated heterocycles. The minimum Gasteiger partial charge on any atom is -0.497 e. The van der Waals surface area contributed by atoms with Gasteiger partial charge in [0.1, 0.15) is 11.9 Å². The minimum absolute atomic E-state index is 0.0687. The van der Waals surface area contributed by atoms with Crippen molar-refractivity contribution in [2.75, 3.05) is 12.4 Å². The molecule has 7 nitrogen and oxygen atoms in total. The highest BCUT2D eigenvalue weighted by Gasteiger charge is 2.34. The first-order valence-electron chi connectivity index (χ1n) is 7.42. The number of primary sulfonamides is 1. The van der Waals surface area contributed by atoms with Crippen molar-refractivity contribution >= 4 is 56.4 Å². The number of carbonyl (C=O) groups is 1. The number of halogens is 3. The highest BCUT2D eigenvalue weighted by atomic mass is 35.6. The smallest absolute Gasteiger partial charge is 0.252 e. The van der Waals surface area contributed by atoms with Crippen LogP contribution in [0.5, 0.6) is 5.75 Å². The Morgan fingerprint density at radius 3 is 2.07 bits per heavy atom. The third-order valence-electron chi connectivity index (χ3n) is 3.45. The van der Waals surface area contributed by atoms with Crippen molar-refractivity contribution in [2.45, 2.75) is 14.9 Å². The van der Waals surface area contributed by atoms with Gasteiger partial charge in [-0.3, -0.25) is 4.79 Å². The number of hydrogen-bond acceptors (Lipinski definition) is 5. The van der Waals surface area contributed by atoms with Gasteiger partial charge in [0.05, 0.1) is 12.0 Å². The van der Waals surface area contributed by atoms with Crippen LogP contribution >= 0.6 is 34.8 Å². The lowest BCUT2D eigenvalue weighted by atomic mass is 10.2. The van der Waals surface area contributed by atoms with Crippen LogP contribution < -0.4 is 20.5 Å². The van der Waals surface area contributed by atoms with Crippen LogP contribution in [0.1, 0.15) is 10.4 Å². The summed E-state index contributed by atoms with van der Waals surface area (Å²) in [6, 6.07) is 11.8. The summed E-state index contributed by atoms with van der Waals surface area (Å²) in [5.74, 6) is 0.111. The number of benzene rings is 2. The van der Waals surface area contributed by atoms with Crippen LogP contribution in [-0.4, -0.2) is 31.4 Å². The van der Waals surface area contributed by atoms with Crippen LogP contribution in [0, 0.1) is 0 Å². The molecule has 0 aromatic heterocycles. The Kier molecular flexibility index (Phi) is 6.82. The molecule has 0 aliphatic heterocycles. The van der Waals surface area contributed by atoms with E-state index in [4.69, 9.17) is 44.7 Å². The van der Waals surface area contributed by atoms with Gasteiger partial charge in [0.25, 0.3) is 5.91 Å². The Morgan fingerprint density at radius 1 is 1.07 bits per heavy atom. The number of sulfonamides is 1.